The van der Waals surface area contributed by atoms with Gasteiger partial charge in [0.15, 0.2) is 5.75 Å². The number of rotatable bonds is 11. The van der Waals surface area contributed by atoms with Crippen molar-refractivity contribution in [3.63, 3.8) is 0 Å². The normalized spacial score (nSPS) is 20.5. The van der Waals surface area contributed by atoms with Crippen molar-refractivity contribution in [3.05, 3.63) is 95.9 Å². The summed E-state index contributed by atoms with van der Waals surface area (Å²) in [7, 11) is -2.63. The number of primary amides is 1. The lowest BCUT2D eigenvalue weighted by atomic mass is 9.93. The topological polar surface area (TPSA) is 110 Å². The second kappa shape index (κ2) is 15.6. The summed E-state index contributed by atoms with van der Waals surface area (Å²) in [6.07, 6.45) is 6.91. The molecule has 274 valence electrons. The number of nitrogens with two attached hydrogens (primary N) is 1. The van der Waals surface area contributed by atoms with E-state index in [1.54, 1.807) is 12.4 Å². The lowest BCUT2D eigenvalue weighted by molar-refractivity contribution is -0.119. The van der Waals surface area contributed by atoms with Gasteiger partial charge in [-0.25, -0.2) is 15.0 Å². The molecule has 4 aromatic rings. The number of hydrogen-bond donors (Lipinski definition) is 1. The van der Waals surface area contributed by atoms with E-state index in [1.165, 1.54) is 10.4 Å². The second-order valence-corrected chi connectivity index (χ2v) is 20.2. The molecule has 3 aliphatic heterocycles. The summed E-state index contributed by atoms with van der Waals surface area (Å²) in [5.41, 5.74) is 6.42. The van der Waals surface area contributed by atoms with Gasteiger partial charge in [0.1, 0.15) is 5.15 Å². The van der Waals surface area contributed by atoms with Crippen LogP contribution in [0.25, 0.3) is 0 Å². The van der Waals surface area contributed by atoms with Gasteiger partial charge in [0.2, 0.25) is 17.7 Å². The molecule has 12 heteroatoms. The zero-order chi connectivity index (χ0) is 36.3. The Morgan fingerprint density at radius 1 is 0.923 bits per heavy atom. The molecular formula is C40H50ClN7O3Si. The number of carbonyl (C=O) groups excluding carboxylic acids is 1. The maximum Gasteiger partial charge on any atom is 0.261 e. The number of nitrogens with zero attached hydrogens (tertiary/aromatic N) is 6. The molecule has 2 atom stereocenters. The van der Waals surface area contributed by atoms with Gasteiger partial charge >= 0.3 is 0 Å². The Bertz CT molecular complexity index is 1760. The lowest BCUT2D eigenvalue weighted by Gasteiger charge is -2.44. The van der Waals surface area contributed by atoms with Gasteiger partial charge in [0.25, 0.3) is 8.32 Å². The van der Waals surface area contributed by atoms with Crippen molar-refractivity contribution in [1.29, 1.82) is 0 Å². The molecular weight excluding hydrogens is 690 g/mol. The fourth-order valence-electron chi connectivity index (χ4n) is 8.41. The number of likely N-dealkylation sites (tertiary alicyclic amines) is 1. The van der Waals surface area contributed by atoms with Crippen LogP contribution in [0.1, 0.15) is 52.0 Å². The van der Waals surface area contributed by atoms with Crippen LogP contribution in [0.4, 0.5) is 5.95 Å². The number of aromatic nitrogens is 3. The van der Waals surface area contributed by atoms with E-state index in [2.05, 4.69) is 101 Å². The average Bonchev–Trinajstić information content (AvgIpc) is 3.53. The van der Waals surface area contributed by atoms with Crippen molar-refractivity contribution < 1.29 is 14.0 Å². The van der Waals surface area contributed by atoms with Gasteiger partial charge in [-0.3, -0.25) is 14.6 Å². The summed E-state index contributed by atoms with van der Waals surface area (Å²) in [5, 5.41) is 2.95. The van der Waals surface area contributed by atoms with Crippen LogP contribution in [0.3, 0.4) is 0 Å². The minimum absolute atomic E-state index is 0.0594. The highest BCUT2D eigenvalue weighted by molar-refractivity contribution is 6.99. The number of ether oxygens (including phenoxy) is 1. The second-order valence-electron chi connectivity index (χ2n) is 15.6. The summed E-state index contributed by atoms with van der Waals surface area (Å²) < 4.78 is 13.6. The predicted molar refractivity (Wildman–Crippen MR) is 208 cm³/mol. The van der Waals surface area contributed by atoms with E-state index in [0.717, 1.165) is 70.6 Å². The van der Waals surface area contributed by atoms with E-state index >= 15 is 0 Å². The number of piperidine rings is 1. The fourth-order valence-corrected chi connectivity index (χ4v) is 13.3. The Morgan fingerprint density at radius 3 is 2.19 bits per heavy atom. The summed E-state index contributed by atoms with van der Waals surface area (Å²) in [6.45, 7) is 13.1. The fraction of sp³-hybridized carbons (Fsp3) is 0.450. The highest BCUT2D eigenvalue weighted by Crippen LogP contribution is 2.39. The minimum Gasteiger partial charge on any atom is -0.436 e. The Hall–Kier alpha value is -3.87. The lowest BCUT2D eigenvalue weighted by Crippen LogP contribution is -2.67. The van der Waals surface area contributed by atoms with Gasteiger partial charge < -0.3 is 19.8 Å². The quantitative estimate of drug-likeness (QED) is 0.163. The summed E-state index contributed by atoms with van der Waals surface area (Å²) in [6, 6.07) is 26.0. The Labute approximate surface area is 313 Å². The van der Waals surface area contributed by atoms with Crippen LogP contribution in [-0.4, -0.2) is 90.4 Å². The maximum absolute atomic E-state index is 11.3. The largest absolute Gasteiger partial charge is 0.436 e. The molecule has 52 heavy (non-hydrogen) atoms. The molecule has 0 saturated carbocycles. The number of fused-ring (bicyclic) bond motifs is 1. The molecule has 0 unspecified atom stereocenters. The predicted octanol–water partition coefficient (Wildman–Crippen LogP) is 5.24. The minimum atomic E-state index is -2.63. The van der Waals surface area contributed by atoms with Gasteiger partial charge in [0, 0.05) is 51.3 Å². The van der Waals surface area contributed by atoms with Crippen LogP contribution in [0.15, 0.2) is 85.2 Å². The van der Waals surface area contributed by atoms with Gasteiger partial charge in [-0.15, -0.1) is 0 Å². The van der Waals surface area contributed by atoms with E-state index in [9.17, 15) is 4.79 Å². The first-order valence-electron chi connectivity index (χ1n) is 18.5. The molecule has 0 spiro atoms. The van der Waals surface area contributed by atoms with Crippen molar-refractivity contribution in [2.45, 2.75) is 70.2 Å². The zero-order valence-corrected chi connectivity index (χ0v) is 32.2. The first-order valence-corrected chi connectivity index (χ1v) is 20.8. The van der Waals surface area contributed by atoms with Crippen molar-refractivity contribution >= 4 is 42.1 Å². The third-order valence-electron chi connectivity index (χ3n) is 10.9. The molecule has 2 aromatic heterocycles. The number of benzene rings is 2. The first-order chi connectivity index (χ1) is 25.1. The molecule has 0 bridgehead atoms. The van der Waals surface area contributed by atoms with Gasteiger partial charge in [-0.2, -0.15) is 0 Å². The third kappa shape index (κ3) is 8.19. The van der Waals surface area contributed by atoms with Crippen molar-refractivity contribution in [3.8, 4) is 11.6 Å². The highest BCUT2D eigenvalue weighted by atomic mass is 35.5. The van der Waals surface area contributed by atoms with Gasteiger partial charge in [0.05, 0.1) is 18.5 Å². The van der Waals surface area contributed by atoms with Crippen molar-refractivity contribution in [2.24, 2.45) is 11.7 Å². The number of carbonyl (C=O) groups is 1. The average molecular weight is 740 g/mol. The molecule has 5 heterocycles. The Morgan fingerprint density at radius 2 is 1.58 bits per heavy atom. The molecule has 2 N–H and O–H groups in total. The number of hydrogen-bond acceptors (Lipinski definition) is 9. The molecule has 3 fully saturated rings. The summed E-state index contributed by atoms with van der Waals surface area (Å²) in [4.78, 5) is 32.4. The summed E-state index contributed by atoms with van der Waals surface area (Å²) >= 11 is 6.41. The number of halogens is 1. The zero-order valence-electron chi connectivity index (χ0n) is 30.5. The molecule has 10 nitrogen and oxygen atoms in total. The van der Waals surface area contributed by atoms with Gasteiger partial charge in [-0.05, 0) is 65.3 Å². The standard InChI is InChI=1S/C40H50ClN7O3Si/c1-40(2,3)52(34-10-6-4-7-11-34,35-12-8-5-9-13-35)51-32-23-31-27-48(19-18-47(31)28-32)39-43-24-33(25-44-39)50-38-22-30(20-36(41)45-38)26-46-16-14-29(15-17-46)21-37(42)49/h4-13,20,22,24-25,29,31-32H,14-19,21,23,26-28H2,1-3H3,(H2,42,49)/t31-,32+/m1/s1. The SMILES string of the molecule is CC(C)(C)[Si](O[C@H]1C[C@@H]2CN(c3ncc(Oc4cc(CN5CCC(CC(N)=O)CC5)cc(Cl)n4)cn3)CCN2C1)(c1ccccc1)c1ccccc1. The molecule has 0 radical (unpaired) electrons. The highest BCUT2D eigenvalue weighted by Gasteiger charge is 2.53. The van der Waals surface area contributed by atoms with Crippen LogP contribution in [-0.2, 0) is 15.8 Å². The van der Waals surface area contributed by atoms with E-state index < -0.39 is 8.32 Å². The molecule has 3 aliphatic rings. The molecule has 0 aliphatic carbocycles. The van der Waals surface area contributed by atoms with Crippen LogP contribution in [0.5, 0.6) is 11.6 Å². The van der Waals surface area contributed by atoms with Crippen LogP contribution >= 0.6 is 11.6 Å². The number of amides is 1. The smallest absolute Gasteiger partial charge is 0.261 e. The van der Waals surface area contributed by atoms with Gasteiger partial charge in [-0.1, -0.05) is 93.0 Å². The first kappa shape index (κ1) is 36.5. The number of piperazine rings is 1. The third-order valence-corrected chi connectivity index (χ3v) is 16.2. The number of anilines is 1. The maximum atomic E-state index is 11.3. The summed E-state index contributed by atoms with van der Waals surface area (Å²) in [5.74, 6) is 1.76. The van der Waals surface area contributed by atoms with Crippen LogP contribution < -0.4 is 25.7 Å². The van der Waals surface area contributed by atoms with Crippen LogP contribution in [0, 0.1) is 5.92 Å². The van der Waals surface area contributed by atoms with E-state index in [1.807, 2.05) is 12.1 Å². The Kier molecular flexibility index (Phi) is 11.0. The molecule has 7 rings (SSSR count). The van der Waals surface area contributed by atoms with E-state index in [-0.39, 0.29) is 17.0 Å². The van der Waals surface area contributed by atoms with Crippen molar-refractivity contribution in [2.75, 3.05) is 44.2 Å². The Balaban J connectivity index is 0.983. The number of pyridine rings is 1. The monoisotopic (exact) mass is 739 g/mol. The van der Waals surface area contributed by atoms with Crippen LogP contribution in [0.2, 0.25) is 10.2 Å². The van der Waals surface area contributed by atoms with Crippen molar-refractivity contribution in [1.82, 2.24) is 24.8 Å². The molecule has 3 saturated heterocycles. The molecule has 1 amide bonds. The van der Waals surface area contributed by atoms with E-state index in [0.29, 0.717) is 41.1 Å². The van der Waals surface area contributed by atoms with E-state index in [4.69, 9.17) is 36.5 Å². The molecule has 2 aromatic carbocycles.